The minimum Gasteiger partial charge on any atom is -0.408 e. The predicted octanol–water partition coefficient (Wildman–Crippen LogP) is -0.901. The number of carbonyl (C=O) groups is 1. The summed E-state index contributed by atoms with van der Waals surface area (Å²) in [5, 5.41) is 11.7. The van der Waals surface area contributed by atoms with Crippen molar-refractivity contribution in [1.82, 2.24) is 10.3 Å². The van der Waals surface area contributed by atoms with Gasteiger partial charge in [-0.2, -0.15) is 0 Å². The van der Waals surface area contributed by atoms with Crippen LogP contribution in [0.2, 0.25) is 0 Å². The highest BCUT2D eigenvalue weighted by atomic mass is 16.4. The molecule has 0 bridgehead atoms. The third-order valence-electron chi connectivity index (χ3n) is 2.72. The number of aromatic amines is 1. The van der Waals surface area contributed by atoms with Gasteiger partial charge >= 0.3 is 5.76 Å². The lowest BCUT2D eigenvalue weighted by molar-refractivity contribution is -0.128. The molecule has 2 rings (SSSR count). The highest BCUT2D eigenvalue weighted by molar-refractivity contribution is 5.80. The summed E-state index contributed by atoms with van der Waals surface area (Å²) in [6.07, 6.45) is -0.598. The summed E-state index contributed by atoms with van der Waals surface area (Å²) in [5.41, 5.74) is 7.22. The molecule has 1 atom stereocenters. The molecule has 0 aliphatic heterocycles. The summed E-state index contributed by atoms with van der Waals surface area (Å²) >= 11 is 0. The van der Waals surface area contributed by atoms with Gasteiger partial charge in [-0.25, -0.2) is 4.79 Å². The SMILES string of the molecule is NCC(O)C(=O)NCCc1ccc2oc(=O)[nH]c2c1. The number of carbonyl (C=O) groups excluding carboxylic acids is 1. The summed E-state index contributed by atoms with van der Waals surface area (Å²) in [6, 6.07) is 5.29. The van der Waals surface area contributed by atoms with Crippen LogP contribution in [0.4, 0.5) is 0 Å². The number of hydrogen-bond donors (Lipinski definition) is 4. The summed E-state index contributed by atoms with van der Waals surface area (Å²) < 4.78 is 4.88. The van der Waals surface area contributed by atoms with E-state index in [1.54, 1.807) is 12.1 Å². The van der Waals surface area contributed by atoms with Crippen LogP contribution >= 0.6 is 0 Å². The standard InChI is InChI=1S/C12H15N3O4/c13-6-9(16)11(17)14-4-3-7-1-2-10-8(5-7)15-12(18)19-10/h1-2,5,9,16H,3-4,6,13H2,(H,14,17)(H,15,18). The van der Waals surface area contributed by atoms with Crippen LogP contribution in [-0.4, -0.2) is 35.2 Å². The van der Waals surface area contributed by atoms with E-state index in [0.29, 0.717) is 24.1 Å². The van der Waals surface area contributed by atoms with Crippen molar-refractivity contribution in [3.05, 3.63) is 34.3 Å². The van der Waals surface area contributed by atoms with Crippen molar-refractivity contribution in [3.8, 4) is 0 Å². The van der Waals surface area contributed by atoms with Gasteiger partial charge in [-0.05, 0) is 24.1 Å². The quantitative estimate of drug-likeness (QED) is 0.558. The first-order chi connectivity index (χ1) is 9.10. The van der Waals surface area contributed by atoms with Crippen LogP contribution in [0.5, 0.6) is 0 Å². The molecular formula is C12H15N3O4. The fourth-order valence-corrected chi connectivity index (χ4v) is 1.71. The maximum absolute atomic E-state index is 11.3. The van der Waals surface area contributed by atoms with Gasteiger partial charge < -0.3 is 20.6 Å². The largest absolute Gasteiger partial charge is 0.417 e. The third kappa shape index (κ3) is 3.21. The minimum absolute atomic E-state index is 0.103. The Hall–Kier alpha value is -2.12. The first-order valence-electron chi connectivity index (χ1n) is 5.88. The van der Waals surface area contributed by atoms with E-state index in [4.69, 9.17) is 10.2 Å². The lowest BCUT2D eigenvalue weighted by atomic mass is 10.1. The molecule has 0 radical (unpaired) electrons. The van der Waals surface area contributed by atoms with Gasteiger partial charge in [-0.3, -0.25) is 9.78 Å². The van der Waals surface area contributed by atoms with Crippen molar-refractivity contribution in [2.45, 2.75) is 12.5 Å². The lowest BCUT2D eigenvalue weighted by Gasteiger charge is -2.08. The van der Waals surface area contributed by atoms with Crippen molar-refractivity contribution < 1.29 is 14.3 Å². The summed E-state index contributed by atoms with van der Waals surface area (Å²) in [7, 11) is 0. The number of H-pyrrole nitrogens is 1. The van der Waals surface area contributed by atoms with Crippen LogP contribution in [0.3, 0.4) is 0 Å². The second kappa shape index (κ2) is 5.68. The van der Waals surface area contributed by atoms with Crippen molar-refractivity contribution in [1.29, 1.82) is 0 Å². The van der Waals surface area contributed by atoms with Crippen LogP contribution < -0.4 is 16.8 Å². The average molecular weight is 265 g/mol. The van der Waals surface area contributed by atoms with E-state index in [0.717, 1.165) is 5.56 Å². The van der Waals surface area contributed by atoms with E-state index in [-0.39, 0.29) is 6.54 Å². The Morgan fingerprint density at radius 1 is 1.53 bits per heavy atom. The van der Waals surface area contributed by atoms with Crippen molar-refractivity contribution >= 4 is 17.0 Å². The van der Waals surface area contributed by atoms with Gasteiger partial charge in [0.2, 0.25) is 5.91 Å². The Balaban J connectivity index is 1.94. The number of benzene rings is 1. The molecule has 102 valence electrons. The number of nitrogens with two attached hydrogens (primary N) is 1. The summed E-state index contributed by atoms with van der Waals surface area (Å²) in [5.74, 6) is -0.980. The van der Waals surface area contributed by atoms with Crippen LogP contribution in [-0.2, 0) is 11.2 Å². The zero-order valence-electron chi connectivity index (χ0n) is 10.2. The molecule has 0 aliphatic carbocycles. The Bertz CT molecular complexity index is 631. The van der Waals surface area contributed by atoms with Gasteiger partial charge in [0.1, 0.15) is 6.10 Å². The number of amides is 1. The Labute approximate surface area is 108 Å². The Morgan fingerprint density at radius 3 is 3.05 bits per heavy atom. The van der Waals surface area contributed by atoms with E-state index in [1.807, 2.05) is 6.07 Å². The number of aliphatic hydroxyl groups is 1. The number of rotatable bonds is 5. The predicted molar refractivity (Wildman–Crippen MR) is 68.6 cm³/mol. The molecule has 0 saturated heterocycles. The molecule has 1 unspecified atom stereocenters. The van der Waals surface area contributed by atoms with Crippen molar-refractivity contribution in [3.63, 3.8) is 0 Å². The zero-order valence-corrected chi connectivity index (χ0v) is 10.2. The highest BCUT2D eigenvalue weighted by Gasteiger charge is 2.11. The summed E-state index contributed by atoms with van der Waals surface area (Å²) in [4.78, 5) is 24.8. The van der Waals surface area contributed by atoms with Gasteiger partial charge in [0.05, 0.1) is 5.52 Å². The maximum atomic E-state index is 11.3. The first-order valence-corrected chi connectivity index (χ1v) is 5.88. The zero-order chi connectivity index (χ0) is 13.8. The molecular weight excluding hydrogens is 250 g/mol. The van der Waals surface area contributed by atoms with E-state index < -0.39 is 17.8 Å². The van der Waals surface area contributed by atoms with Gasteiger partial charge in [0, 0.05) is 13.1 Å². The molecule has 1 heterocycles. The molecule has 7 nitrogen and oxygen atoms in total. The number of aliphatic hydroxyl groups excluding tert-OH is 1. The van der Waals surface area contributed by atoms with Gasteiger partial charge in [0.25, 0.3) is 0 Å². The van der Waals surface area contributed by atoms with Gasteiger partial charge in [-0.1, -0.05) is 6.07 Å². The van der Waals surface area contributed by atoms with Crippen molar-refractivity contribution in [2.75, 3.05) is 13.1 Å². The highest BCUT2D eigenvalue weighted by Crippen LogP contribution is 2.12. The normalized spacial score (nSPS) is 12.5. The first kappa shape index (κ1) is 13.3. The average Bonchev–Trinajstić information content (AvgIpc) is 2.77. The van der Waals surface area contributed by atoms with E-state index >= 15 is 0 Å². The second-order valence-electron chi connectivity index (χ2n) is 4.14. The van der Waals surface area contributed by atoms with Gasteiger partial charge in [-0.15, -0.1) is 0 Å². The van der Waals surface area contributed by atoms with Crippen molar-refractivity contribution in [2.24, 2.45) is 5.73 Å². The fourth-order valence-electron chi connectivity index (χ4n) is 1.71. The molecule has 7 heteroatoms. The number of aromatic nitrogens is 1. The molecule has 0 fully saturated rings. The van der Waals surface area contributed by atoms with Gasteiger partial charge in [0.15, 0.2) is 5.58 Å². The molecule has 5 N–H and O–H groups in total. The molecule has 0 aliphatic rings. The molecule has 2 aromatic rings. The van der Waals surface area contributed by atoms with E-state index in [1.165, 1.54) is 0 Å². The lowest BCUT2D eigenvalue weighted by Crippen LogP contribution is -2.39. The van der Waals surface area contributed by atoms with E-state index in [2.05, 4.69) is 10.3 Å². The number of nitrogens with one attached hydrogen (secondary N) is 2. The number of fused-ring (bicyclic) bond motifs is 1. The van der Waals surface area contributed by atoms with E-state index in [9.17, 15) is 14.7 Å². The molecule has 0 spiro atoms. The monoisotopic (exact) mass is 265 g/mol. The Morgan fingerprint density at radius 2 is 2.32 bits per heavy atom. The Kier molecular flexibility index (Phi) is 3.98. The third-order valence-corrected chi connectivity index (χ3v) is 2.72. The van der Waals surface area contributed by atoms with Crippen LogP contribution in [0, 0.1) is 0 Å². The van der Waals surface area contributed by atoms with Crippen LogP contribution in [0.1, 0.15) is 5.56 Å². The number of hydrogen-bond acceptors (Lipinski definition) is 5. The molecule has 1 aromatic heterocycles. The molecule has 1 aromatic carbocycles. The fraction of sp³-hybridized carbons (Fsp3) is 0.333. The maximum Gasteiger partial charge on any atom is 0.417 e. The molecule has 19 heavy (non-hydrogen) atoms. The topological polar surface area (TPSA) is 121 Å². The molecule has 1 amide bonds. The summed E-state index contributed by atoms with van der Waals surface area (Å²) in [6.45, 7) is 0.275. The smallest absolute Gasteiger partial charge is 0.408 e. The van der Waals surface area contributed by atoms with Crippen LogP contribution in [0.25, 0.3) is 11.1 Å². The number of oxazole rings is 1. The van der Waals surface area contributed by atoms with Crippen LogP contribution in [0.15, 0.2) is 27.4 Å². The second-order valence-corrected chi connectivity index (χ2v) is 4.14. The minimum atomic E-state index is -1.17. The molecule has 0 saturated carbocycles.